The van der Waals surface area contributed by atoms with E-state index in [2.05, 4.69) is 46.2 Å². The highest BCUT2D eigenvalue weighted by atomic mass is 15.2. The Hall–Kier alpha value is -2.68. The van der Waals surface area contributed by atoms with E-state index in [1.165, 1.54) is 142 Å². The maximum absolute atomic E-state index is 2.94. The summed E-state index contributed by atoms with van der Waals surface area (Å²) in [6.45, 7) is 2.77. The lowest BCUT2D eigenvalue weighted by Crippen LogP contribution is -2.62. The molecule has 0 saturated heterocycles. The van der Waals surface area contributed by atoms with Crippen molar-refractivity contribution in [2.45, 2.75) is 145 Å². The molecule has 0 atom stereocenters. The summed E-state index contributed by atoms with van der Waals surface area (Å²) in [5.41, 5.74) is 22.1. The van der Waals surface area contributed by atoms with Crippen molar-refractivity contribution in [1.29, 1.82) is 0 Å². The van der Waals surface area contributed by atoms with Gasteiger partial charge in [0, 0.05) is 35.8 Å². The summed E-state index contributed by atoms with van der Waals surface area (Å²) in [5, 5.41) is 0. The molecule has 16 aliphatic rings. The molecule has 280 valence electrons. The fourth-order valence-electron chi connectivity index (χ4n) is 20.6. The third kappa shape index (κ3) is 3.68. The maximum Gasteiger partial charge on any atom is 0.252 e. The van der Waals surface area contributed by atoms with Crippen LogP contribution in [-0.4, -0.2) is 19.8 Å². The second-order valence-electron chi connectivity index (χ2n) is 23.8. The van der Waals surface area contributed by atoms with E-state index in [0.29, 0.717) is 23.0 Å². The largest absolute Gasteiger partial charge is 0.342 e. The molecule has 0 N–H and O–H groups in total. The van der Waals surface area contributed by atoms with Crippen molar-refractivity contribution in [3.05, 3.63) is 64.2 Å². The first-order valence-electron chi connectivity index (χ1n) is 24.0. The molecule has 12 saturated carbocycles. The van der Waals surface area contributed by atoms with Gasteiger partial charge in [-0.05, 0) is 254 Å². The molecule has 12 bridgehead atoms. The number of rotatable bonds is 3. The second-order valence-corrected chi connectivity index (χ2v) is 23.8. The zero-order chi connectivity index (χ0) is 35.2. The Labute approximate surface area is 329 Å². The number of hydrogen-bond acceptors (Lipinski definition) is 2. The van der Waals surface area contributed by atoms with E-state index in [-0.39, 0.29) is 0 Å². The number of nitrogens with zero attached hydrogens (tertiary/aromatic N) is 2. The first-order valence-corrected chi connectivity index (χ1v) is 24.0. The van der Waals surface area contributed by atoms with Crippen LogP contribution in [0.5, 0.6) is 0 Å². The van der Waals surface area contributed by atoms with Gasteiger partial charge in [0.1, 0.15) is 0 Å². The van der Waals surface area contributed by atoms with Crippen molar-refractivity contribution in [2.75, 3.05) is 22.9 Å². The van der Waals surface area contributed by atoms with E-state index in [9.17, 15) is 0 Å². The Morgan fingerprint density at radius 1 is 0.436 bits per heavy atom. The van der Waals surface area contributed by atoms with Crippen LogP contribution in [0.25, 0.3) is 0 Å². The molecule has 4 aliphatic heterocycles. The maximum atomic E-state index is 2.94. The predicted octanol–water partition coefficient (Wildman–Crippen LogP) is 9.62. The highest BCUT2D eigenvalue weighted by molar-refractivity contribution is 7.00. The van der Waals surface area contributed by atoms with Crippen LogP contribution in [0.15, 0.2) is 36.4 Å². The molecule has 2 nitrogen and oxygen atoms in total. The van der Waals surface area contributed by atoms with Crippen LogP contribution in [0.4, 0.5) is 22.7 Å². The van der Waals surface area contributed by atoms with E-state index in [1.54, 1.807) is 55.8 Å². The molecular weight excluding hydrogens is 663 g/mol. The molecule has 12 aliphatic carbocycles. The van der Waals surface area contributed by atoms with E-state index < -0.39 is 0 Å². The van der Waals surface area contributed by atoms with Crippen LogP contribution in [0, 0.1) is 53.3 Å². The van der Waals surface area contributed by atoms with Gasteiger partial charge in [0.05, 0.1) is 0 Å². The van der Waals surface area contributed by atoms with Crippen LogP contribution in [0.1, 0.15) is 143 Å². The van der Waals surface area contributed by atoms with Gasteiger partial charge < -0.3 is 9.80 Å². The second kappa shape index (κ2) is 9.77. The third-order valence-electron chi connectivity index (χ3n) is 20.8. The van der Waals surface area contributed by atoms with Crippen molar-refractivity contribution in [2.24, 2.45) is 53.3 Å². The lowest BCUT2D eigenvalue weighted by Gasteiger charge is -2.58. The Bertz CT molecular complexity index is 2040. The number of fused-ring (bicyclic) bond motifs is 4. The highest BCUT2D eigenvalue weighted by Gasteiger charge is 2.58. The molecule has 3 heteroatoms. The van der Waals surface area contributed by atoms with Gasteiger partial charge in [-0.3, -0.25) is 0 Å². The van der Waals surface area contributed by atoms with Gasteiger partial charge in [-0.2, -0.15) is 0 Å². The quantitative estimate of drug-likeness (QED) is 0.249. The average molecular weight is 723 g/mol. The molecule has 19 rings (SSSR count). The molecule has 55 heavy (non-hydrogen) atoms. The van der Waals surface area contributed by atoms with Gasteiger partial charge >= 0.3 is 0 Å². The van der Waals surface area contributed by atoms with Gasteiger partial charge in [-0.15, -0.1) is 0 Å². The molecule has 4 heterocycles. The SMILES string of the molecule is c1cc(C23CC4CC(CC(C4)C2)C3)c2c3c1B1c4ccc(C56CC7CC(CC(C7)C5)C6)c5c4N(CC5)c4cc(C56CC7CC(CC(C7)C5)C6)cc(c41)N3CC2. The standard InChI is InChI=1S/C52H59BN2/c1-3-43-48-39(41(1)51-23-32-12-33(24-51)14-34(13-32)25-51)5-7-54(48)45-18-38(50-20-29-9-30(21-50)11-31(10-29)22-50)19-46-47(45)53(43)44-4-2-42(40-6-8-55(46)49(40)44)52-26-35-15-36(27-52)17-37(16-35)28-52/h1-4,18-19,29-37H,5-17,20-28H2. The van der Waals surface area contributed by atoms with Gasteiger partial charge in [-0.25, -0.2) is 0 Å². The molecule has 0 radical (unpaired) electrons. The van der Waals surface area contributed by atoms with Crippen LogP contribution >= 0.6 is 0 Å². The molecule has 3 aromatic carbocycles. The van der Waals surface area contributed by atoms with Crippen molar-refractivity contribution in [1.82, 2.24) is 0 Å². The molecule has 0 aromatic heterocycles. The van der Waals surface area contributed by atoms with Gasteiger partial charge in [0.25, 0.3) is 6.71 Å². The van der Waals surface area contributed by atoms with Crippen molar-refractivity contribution in [3.63, 3.8) is 0 Å². The predicted molar refractivity (Wildman–Crippen MR) is 225 cm³/mol. The number of anilines is 4. The summed E-state index contributed by atoms with van der Waals surface area (Å²) in [7, 11) is 0. The van der Waals surface area contributed by atoms with Crippen LogP contribution in [-0.2, 0) is 29.1 Å². The van der Waals surface area contributed by atoms with E-state index in [4.69, 9.17) is 0 Å². The fraction of sp³-hybridized carbons (Fsp3) is 0.654. The van der Waals surface area contributed by atoms with Gasteiger partial charge in [-0.1, -0.05) is 24.3 Å². The Morgan fingerprint density at radius 3 is 1.15 bits per heavy atom. The summed E-state index contributed by atoms with van der Waals surface area (Å²) in [4.78, 5) is 5.89. The van der Waals surface area contributed by atoms with E-state index in [0.717, 1.165) is 53.3 Å². The summed E-state index contributed by atoms with van der Waals surface area (Å²) >= 11 is 0. The summed E-state index contributed by atoms with van der Waals surface area (Å²) < 4.78 is 0. The first-order chi connectivity index (χ1) is 27.0. The zero-order valence-corrected chi connectivity index (χ0v) is 33.2. The van der Waals surface area contributed by atoms with Crippen molar-refractivity contribution in [3.8, 4) is 0 Å². The third-order valence-corrected chi connectivity index (χ3v) is 20.8. The zero-order valence-electron chi connectivity index (χ0n) is 33.2. The Morgan fingerprint density at radius 2 is 0.782 bits per heavy atom. The minimum absolute atomic E-state index is 0.387. The Balaban J connectivity index is 0.920. The normalized spacial score (nSPS) is 44.5. The van der Waals surface area contributed by atoms with E-state index in [1.807, 2.05) is 11.1 Å². The summed E-state index contributed by atoms with van der Waals surface area (Å²) in [5.74, 6) is 8.93. The summed E-state index contributed by atoms with van der Waals surface area (Å²) in [6, 6.07) is 16.7. The summed E-state index contributed by atoms with van der Waals surface area (Å²) in [6.07, 6.45) is 29.7. The number of hydrogen-bond donors (Lipinski definition) is 0. The van der Waals surface area contributed by atoms with Crippen LogP contribution < -0.4 is 26.2 Å². The topological polar surface area (TPSA) is 6.48 Å². The van der Waals surface area contributed by atoms with Crippen LogP contribution in [0.3, 0.4) is 0 Å². The van der Waals surface area contributed by atoms with E-state index >= 15 is 0 Å². The minimum atomic E-state index is 0.387. The van der Waals surface area contributed by atoms with Gasteiger partial charge in [0.2, 0.25) is 0 Å². The van der Waals surface area contributed by atoms with Crippen LogP contribution in [0.2, 0.25) is 0 Å². The molecule has 12 fully saturated rings. The molecule has 3 aromatic rings. The fourth-order valence-corrected chi connectivity index (χ4v) is 20.6. The van der Waals surface area contributed by atoms with Crippen molar-refractivity contribution >= 4 is 45.9 Å². The molecule has 0 amide bonds. The molecule has 0 spiro atoms. The Kier molecular flexibility index (Phi) is 5.40. The minimum Gasteiger partial charge on any atom is -0.342 e. The molecule has 0 unspecified atom stereocenters. The lowest BCUT2D eigenvalue weighted by atomic mass is 9.33. The van der Waals surface area contributed by atoms with Crippen molar-refractivity contribution < 1.29 is 0 Å². The first kappa shape index (κ1) is 30.4. The average Bonchev–Trinajstić information content (AvgIpc) is 3.80. The highest BCUT2D eigenvalue weighted by Crippen LogP contribution is 2.65. The molecular formula is C52H59BN2. The lowest BCUT2D eigenvalue weighted by molar-refractivity contribution is -0.00561. The smallest absolute Gasteiger partial charge is 0.252 e. The van der Waals surface area contributed by atoms with Gasteiger partial charge in [0.15, 0.2) is 0 Å². The number of benzene rings is 3. The monoisotopic (exact) mass is 722 g/mol.